The van der Waals surface area contributed by atoms with Gasteiger partial charge in [-0.1, -0.05) is 6.07 Å². The van der Waals surface area contributed by atoms with Crippen molar-refractivity contribution in [1.29, 1.82) is 0 Å². The second-order valence-corrected chi connectivity index (χ2v) is 13.4. The summed E-state index contributed by atoms with van der Waals surface area (Å²) in [6.45, 7) is 0. The van der Waals surface area contributed by atoms with Crippen LogP contribution in [0.5, 0.6) is 0 Å². The lowest BCUT2D eigenvalue weighted by Crippen LogP contribution is -2.60. The van der Waals surface area contributed by atoms with E-state index in [0.29, 0.717) is 11.4 Å². The molecule has 5 nitrogen and oxygen atoms in total. The number of hydrogen-bond acceptors (Lipinski definition) is 3. The molecule has 0 radical (unpaired) electrons. The minimum absolute atomic E-state index is 0.00349. The number of nitrogens with zero attached hydrogens (tertiary/aromatic N) is 3. The number of hydrogen-bond donors (Lipinski definition) is 0. The molecule has 8 aliphatic rings. The van der Waals surface area contributed by atoms with E-state index in [1.54, 1.807) is 12.1 Å². The monoisotopic (exact) mass is 461 g/mol. The highest BCUT2D eigenvalue weighted by Crippen LogP contribution is 2.58. The van der Waals surface area contributed by atoms with Gasteiger partial charge in [0, 0.05) is 25.2 Å². The smallest absolute Gasteiger partial charge is 0.272 e. The Morgan fingerprint density at radius 1 is 0.647 bits per heavy atom. The van der Waals surface area contributed by atoms with Crippen molar-refractivity contribution in [2.45, 2.75) is 88.1 Å². The quantitative estimate of drug-likeness (QED) is 0.622. The highest BCUT2D eigenvalue weighted by atomic mass is 16.2. The number of rotatable bonds is 4. The Hall–Kier alpha value is -1.91. The van der Waals surface area contributed by atoms with Crippen LogP contribution in [-0.4, -0.2) is 51.8 Å². The van der Waals surface area contributed by atoms with Gasteiger partial charge in [0.1, 0.15) is 11.4 Å². The normalized spacial score (nSPS) is 43.2. The fourth-order valence-electron chi connectivity index (χ4n) is 10.4. The molecule has 0 unspecified atom stereocenters. The van der Waals surface area contributed by atoms with Crippen molar-refractivity contribution in [2.24, 2.45) is 35.5 Å². The fourth-order valence-corrected chi connectivity index (χ4v) is 10.4. The summed E-state index contributed by atoms with van der Waals surface area (Å²) in [6, 6.07) is 5.47. The molecule has 9 rings (SSSR count). The van der Waals surface area contributed by atoms with Crippen molar-refractivity contribution in [3.05, 3.63) is 29.6 Å². The molecule has 8 saturated carbocycles. The summed E-state index contributed by atoms with van der Waals surface area (Å²) in [4.78, 5) is 36.1. The van der Waals surface area contributed by atoms with E-state index in [9.17, 15) is 9.59 Å². The van der Waals surface area contributed by atoms with Crippen LogP contribution < -0.4 is 0 Å². The van der Waals surface area contributed by atoms with Crippen LogP contribution in [0, 0.1) is 35.5 Å². The zero-order valence-electron chi connectivity index (χ0n) is 20.8. The van der Waals surface area contributed by atoms with Gasteiger partial charge < -0.3 is 9.80 Å². The highest BCUT2D eigenvalue weighted by Gasteiger charge is 2.55. The van der Waals surface area contributed by atoms with Crippen LogP contribution in [0.25, 0.3) is 0 Å². The number of carbonyl (C=O) groups excluding carboxylic acids is 2. The first-order valence-electron chi connectivity index (χ1n) is 13.9. The van der Waals surface area contributed by atoms with Gasteiger partial charge in [0.15, 0.2) is 0 Å². The van der Waals surface area contributed by atoms with Crippen LogP contribution in [0.3, 0.4) is 0 Å². The maximum absolute atomic E-state index is 13.7. The predicted octanol–water partition coefficient (Wildman–Crippen LogP) is 5.16. The molecule has 1 aromatic rings. The van der Waals surface area contributed by atoms with Crippen molar-refractivity contribution in [3.63, 3.8) is 0 Å². The third-order valence-corrected chi connectivity index (χ3v) is 11.2. The fraction of sp³-hybridized carbons (Fsp3) is 0.759. The van der Waals surface area contributed by atoms with Crippen LogP contribution in [0.2, 0.25) is 0 Å². The molecule has 1 aromatic heterocycles. The molecular weight excluding hydrogens is 422 g/mol. The minimum atomic E-state index is -0.00550. The lowest BCUT2D eigenvalue weighted by Gasteiger charge is -2.59. The Labute approximate surface area is 203 Å². The van der Waals surface area contributed by atoms with Gasteiger partial charge in [0.2, 0.25) is 0 Å². The molecule has 8 aliphatic carbocycles. The molecule has 0 N–H and O–H groups in total. The molecule has 182 valence electrons. The van der Waals surface area contributed by atoms with Gasteiger partial charge in [0.25, 0.3) is 11.8 Å². The predicted molar refractivity (Wildman–Crippen MR) is 130 cm³/mol. The second-order valence-electron chi connectivity index (χ2n) is 13.4. The molecule has 0 aliphatic heterocycles. The van der Waals surface area contributed by atoms with Gasteiger partial charge in [-0.05, 0) is 125 Å². The summed E-state index contributed by atoms with van der Waals surface area (Å²) in [5.74, 6) is 4.72. The second kappa shape index (κ2) is 7.30. The SMILES string of the molecule is CN(C(=O)c1cccc(C(=O)N(C)C23CC4CC(CC(C4)C2)C3)n1)C12CC3CC(CC(C3)C1)C2. The number of aromatic nitrogens is 1. The molecule has 0 atom stereocenters. The van der Waals surface area contributed by atoms with E-state index in [-0.39, 0.29) is 22.9 Å². The van der Waals surface area contributed by atoms with Crippen LogP contribution in [0.15, 0.2) is 18.2 Å². The molecule has 2 amide bonds. The third-order valence-electron chi connectivity index (χ3n) is 11.2. The largest absolute Gasteiger partial charge is 0.335 e. The van der Waals surface area contributed by atoms with E-state index >= 15 is 0 Å². The number of pyridine rings is 1. The van der Waals surface area contributed by atoms with E-state index in [1.165, 1.54) is 38.5 Å². The zero-order valence-corrected chi connectivity index (χ0v) is 20.8. The van der Waals surface area contributed by atoms with Crippen LogP contribution in [0.4, 0.5) is 0 Å². The molecule has 8 fully saturated rings. The van der Waals surface area contributed by atoms with Gasteiger partial charge in [-0.25, -0.2) is 4.98 Å². The summed E-state index contributed by atoms with van der Waals surface area (Å²) < 4.78 is 0. The summed E-state index contributed by atoms with van der Waals surface area (Å²) >= 11 is 0. The Morgan fingerprint density at radius 3 is 1.24 bits per heavy atom. The lowest BCUT2D eigenvalue weighted by molar-refractivity contribution is -0.0667. The first kappa shape index (κ1) is 21.4. The minimum Gasteiger partial charge on any atom is -0.335 e. The first-order valence-corrected chi connectivity index (χ1v) is 13.9. The molecule has 0 spiro atoms. The topological polar surface area (TPSA) is 53.5 Å². The van der Waals surface area contributed by atoms with Crippen LogP contribution >= 0.6 is 0 Å². The number of amides is 2. The van der Waals surface area contributed by atoms with E-state index in [2.05, 4.69) is 4.98 Å². The molecule has 5 heteroatoms. The summed E-state index contributed by atoms with van der Waals surface area (Å²) in [5, 5.41) is 0. The molecule has 8 bridgehead atoms. The summed E-state index contributed by atoms with van der Waals surface area (Å²) in [5.41, 5.74) is 0.874. The Bertz CT molecular complexity index is 884. The van der Waals surface area contributed by atoms with Crippen molar-refractivity contribution >= 4 is 11.8 Å². The molecule has 1 heterocycles. The molecular formula is C29H39N3O2. The van der Waals surface area contributed by atoms with Crippen molar-refractivity contribution in [1.82, 2.24) is 14.8 Å². The maximum atomic E-state index is 13.7. The third kappa shape index (κ3) is 3.14. The van der Waals surface area contributed by atoms with Crippen LogP contribution in [0.1, 0.15) is 98.0 Å². The van der Waals surface area contributed by atoms with Crippen molar-refractivity contribution < 1.29 is 9.59 Å². The van der Waals surface area contributed by atoms with Gasteiger partial charge in [-0.2, -0.15) is 0 Å². The Kier molecular flexibility index (Phi) is 4.59. The maximum Gasteiger partial charge on any atom is 0.272 e. The summed E-state index contributed by atoms with van der Waals surface area (Å²) in [6.07, 6.45) is 15.1. The van der Waals surface area contributed by atoms with Gasteiger partial charge in [0.05, 0.1) is 0 Å². The Morgan fingerprint density at radius 2 is 0.941 bits per heavy atom. The standard InChI is InChI=1S/C29H39N3O2/c1-31(28-12-18-6-19(13-28)8-20(7-18)14-28)26(33)24-4-3-5-25(30-24)27(34)32(2)29-15-21-9-22(16-29)11-23(10-21)17-29/h3-5,18-23H,6-17H2,1-2H3. The zero-order chi connectivity index (χ0) is 23.2. The van der Waals surface area contributed by atoms with E-state index in [1.807, 2.05) is 30.0 Å². The lowest BCUT2D eigenvalue weighted by atomic mass is 9.52. The summed E-state index contributed by atoms with van der Waals surface area (Å²) in [7, 11) is 3.99. The molecule has 34 heavy (non-hydrogen) atoms. The van der Waals surface area contributed by atoms with E-state index in [4.69, 9.17) is 0 Å². The van der Waals surface area contributed by atoms with Gasteiger partial charge >= 0.3 is 0 Å². The molecule has 0 saturated heterocycles. The van der Waals surface area contributed by atoms with Gasteiger partial charge in [-0.3, -0.25) is 9.59 Å². The van der Waals surface area contributed by atoms with Crippen LogP contribution in [-0.2, 0) is 0 Å². The van der Waals surface area contributed by atoms with Gasteiger partial charge in [-0.15, -0.1) is 0 Å². The number of carbonyl (C=O) groups is 2. The highest BCUT2D eigenvalue weighted by molar-refractivity contribution is 5.96. The van der Waals surface area contributed by atoms with Crippen molar-refractivity contribution in [3.8, 4) is 0 Å². The molecule has 0 aromatic carbocycles. The van der Waals surface area contributed by atoms with E-state index in [0.717, 1.165) is 74.0 Å². The average Bonchev–Trinajstić information content (AvgIpc) is 2.80. The first-order chi connectivity index (χ1) is 16.3. The average molecular weight is 462 g/mol. The Balaban J connectivity index is 1.12. The van der Waals surface area contributed by atoms with E-state index < -0.39 is 0 Å². The van der Waals surface area contributed by atoms with Crippen molar-refractivity contribution in [2.75, 3.05) is 14.1 Å².